The minimum atomic E-state index is -0.572. The maximum atomic E-state index is 13.2. The molecule has 0 aliphatic rings. The third kappa shape index (κ3) is 3.30. The molecule has 0 fully saturated rings. The van der Waals surface area contributed by atoms with E-state index in [1.165, 1.54) is 41.6 Å². The summed E-state index contributed by atoms with van der Waals surface area (Å²) in [4.78, 5) is 17.5. The minimum absolute atomic E-state index is 0.0145. The molecule has 2 heterocycles. The van der Waals surface area contributed by atoms with Crippen LogP contribution in [0.1, 0.15) is 10.4 Å². The second-order valence-electron chi connectivity index (χ2n) is 4.43. The van der Waals surface area contributed by atoms with Crippen molar-refractivity contribution in [2.75, 3.05) is 5.32 Å². The maximum absolute atomic E-state index is 13.2. The first kappa shape index (κ1) is 15.4. The van der Waals surface area contributed by atoms with Gasteiger partial charge in [0.2, 0.25) is 0 Å². The summed E-state index contributed by atoms with van der Waals surface area (Å²) in [6.45, 7) is 0. The van der Waals surface area contributed by atoms with E-state index in [0.717, 1.165) is 6.07 Å². The first-order valence-corrected chi connectivity index (χ1v) is 7.09. The van der Waals surface area contributed by atoms with E-state index in [-0.39, 0.29) is 15.6 Å². The number of carbonyl (C=O) groups excluding carboxylic acids is 1. The van der Waals surface area contributed by atoms with Crippen molar-refractivity contribution in [3.8, 4) is 5.82 Å². The van der Waals surface area contributed by atoms with Crippen molar-refractivity contribution in [1.82, 2.24) is 20.0 Å². The van der Waals surface area contributed by atoms with Crippen molar-refractivity contribution in [2.45, 2.75) is 0 Å². The predicted molar refractivity (Wildman–Crippen MR) is 83.5 cm³/mol. The molecular formula is C14H8Cl2FN5O. The Balaban J connectivity index is 1.84. The molecule has 23 heavy (non-hydrogen) atoms. The molecule has 0 unspecified atom stereocenters. The first-order chi connectivity index (χ1) is 11.0. The van der Waals surface area contributed by atoms with Gasteiger partial charge in [0.05, 0.1) is 39.9 Å². The smallest absolute Gasteiger partial charge is 0.257 e. The van der Waals surface area contributed by atoms with Gasteiger partial charge in [-0.3, -0.25) is 4.79 Å². The SMILES string of the molecule is O=C(Nc1cnc(-n2nccn2)c(Cl)c1)c1cc(F)ccc1Cl. The number of nitrogens with zero attached hydrogens (tertiary/aromatic N) is 4. The zero-order chi connectivity index (χ0) is 16.4. The predicted octanol–water partition coefficient (Wildman–Crippen LogP) is 3.36. The van der Waals surface area contributed by atoms with Crippen molar-refractivity contribution in [3.63, 3.8) is 0 Å². The lowest BCUT2D eigenvalue weighted by atomic mass is 10.2. The van der Waals surface area contributed by atoms with Gasteiger partial charge in [-0.25, -0.2) is 9.37 Å². The molecule has 0 aliphatic carbocycles. The van der Waals surface area contributed by atoms with Gasteiger partial charge in [0.25, 0.3) is 5.91 Å². The number of hydrogen-bond acceptors (Lipinski definition) is 4. The summed E-state index contributed by atoms with van der Waals surface area (Å²) in [5.74, 6) is -0.813. The second-order valence-corrected chi connectivity index (χ2v) is 5.24. The zero-order valence-electron chi connectivity index (χ0n) is 11.4. The van der Waals surface area contributed by atoms with Crippen LogP contribution >= 0.6 is 23.2 Å². The van der Waals surface area contributed by atoms with Gasteiger partial charge < -0.3 is 5.32 Å². The van der Waals surface area contributed by atoms with Gasteiger partial charge in [-0.1, -0.05) is 23.2 Å². The highest BCUT2D eigenvalue weighted by Gasteiger charge is 2.14. The van der Waals surface area contributed by atoms with Crippen LogP contribution in [-0.4, -0.2) is 25.9 Å². The number of aromatic nitrogens is 4. The summed E-state index contributed by atoms with van der Waals surface area (Å²) in [6, 6.07) is 5.01. The van der Waals surface area contributed by atoms with Crippen LogP contribution in [0.4, 0.5) is 10.1 Å². The Kier molecular flexibility index (Phi) is 4.22. The van der Waals surface area contributed by atoms with Crippen molar-refractivity contribution in [3.05, 3.63) is 64.3 Å². The fourth-order valence-corrected chi connectivity index (χ4v) is 2.29. The van der Waals surface area contributed by atoms with Gasteiger partial charge >= 0.3 is 0 Å². The maximum Gasteiger partial charge on any atom is 0.257 e. The van der Waals surface area contributed by atoms with Crippen molar-refractivity contribution in [2.24, 2.45) is 0 Å². The monoisotopic (exact) mass is 351 g/mol. The highest BCUT2D eigenvalue weighted by molar-refractivity contribution is 6.34. The molecular weight excluding hydrogens is 344 g/mol. The number of amides is 1. The van der Waals surface area contributed by atoms with Crippen molar-refractivity contribution >= 4 is 34.8 Å². The third-order valence-electron chi connectivity index (χ3n) is 2.86. The molecule has 0 saturated heterocycles. The molecule has 116 valence electrons. The number of nitrogens with one attached hydrogen (secondary N) is 1. The minimum Gasteiger partial charge on any atom is -0.320 e. The van der Waals surface area contributed by atoms with Crippen molar-refractivity contribution in [1.29, 1.82) is 0 Å². The molecule has 1 aromatic carbocycles. The molecule has 2 aromatic heterocycles. The molecule has 0 radical (unpaired) electrons. The molecule has 0 atom stereocenters. The van der Waals surface area contributed by atoms with Crippen LogP contribution in [0.25, 0.3) is 5.82 Å². The number of pyridine rings is 1. The molecule has 0 aliphatic heterocycles. The van der Waals surface area contributed by atoms with Gasteiger partial charge in [-0.15, -0.1) is 4.80 Å². The summed E-state index contributed by atoms with van der Waals surface area (Å²) in [5.41, 5.74) is 0.344. The molecule has 6 nitrogen and oxygen atoms in total. The van der Waals surface area contributed by atoms with E-state index < -0.39 is 11.7 Å². The van der Waals surface area contributed by atoms with Crippen LogP contribution in [0.15, 0.2) is 42.9 Å². The summed E-state index contributed by atoms with van der Waals surface area (Å²) < 4.78 is 13.2. The van der Waals surface area contributed by atoms with E-state index in [0.29, 0.717) is 11.5 Å². The Bertz CT molecular complexity index is 870. The van der Waals surface area contributed by atoms with E-state index in [9.17, 15) is 9.18 Å². The molecule has 0 spiro atoms. The molecule has 0 saturated carbocycles. The topological polar surface area (TPSA) is 72.7 Å². The number of carbonyl (C=O) groups is 1. The van der Waals surface area contributed by atoms with E-state index in [1.54, 1.807) is 0 Å². The highest BCUT2D eigenvalue weighted by Crippen LogP contribution is 2.22. The fourth-order valence-electron chi connectivity index (χ4n) is 1.84. The molecule has 9 heteroatoms. The average molecular weight is 352 g/mol. The van der Waals surface area contributed by atoms with Gasteiger partial charge in [-0.2, -0.15) is 10.2 Å². The van der Waals surface area contributed by atoms with Crippen molar-refractivity contribution < 1.29 is 9.18 Å². The lowest BCUT2D eigenvalue weighted by Crippen LogP contribution is -2.13. The first-order valence-electron chi connectivity index (χ1n) is 6.33. The summed E-state index contributed by atoms with van der Waals surface area (Å²) in [5, 5.41) is 10.8. The van der Waals surface area contributed by atoms with Gasteiger partial charge in [-0.05, 0) is 24.3 Å². The Morgan fingerprint density at radius 1 is 1.13 bits per heavy atom. The van der Waals surface area contributed by atoms with Crippen LogP contribution in [-0.2, 0) is 0 Å². The number of halogens is 3. The van der Waals surface area contributed by atoms with Gasteiger partial charge in [0.1, 0.15) is 5.82 Å². The van der Waals surface area contributed by atoms with E-state index in [2.05, 4.69) is 20.5 Å². The molecule has 0 bridgehead atoms. The van der Waals surface area contributed by atoms with Crippen LogP contribution in [0.5, 0.6) is 0 Å². The molecule has 3 rings (SSSR count). The summed E-state index contributed by atoms with van der Waals surface area (Å²) in [6.07, 6.45) is 4.36. The fraction of sp³-hybridized carbons (Fsp3) is 0. The van der Waals surface area contributed by atoms with Gasteiger partial charge in [0, 0.05) is 0 Å². The van der Waals surface area contributed by atoms with E-state index in [4.69, 9.17) is 23.2 Å². The largest absolute Gasteiger partial charge is 0.320 e. The summed E-state index contributed by atoms with van der Waals surface area (Å²) in [7, 11) is 0. The van der Waals surface area contributed by atoms with Crippen LogP contribution < -0.4 is 5.32 Å². The van der Waals surface area contributed by atoms with E-state index >= 15 is 0 Å². The van der Waals surface area contributed by atoms with Crippen LogP contribution in [0.2, 0.25) is 10.0 Å². The quantitative estimate of drug-likeness (QED) is 0.785. The van der Waals surface area contributed by atoms with Crippen LogP contribution in [0, 0.1) is 5.82 Å². The standard InChI is InChI=1S/C14H8Cl2FN5O/c15-11-2-1-8(17)5-10(11)14(23)21-9-6-12(16)13(18-7-9)22-19-3-4-20-22/h1-7H,(H,21,23). The number of hydrogen-bond donors (Lipinski definition) is 1. The Morgan fingerprint density at radius 2 is 1.87 bits per heavy atom. The Hall–Kier alpha value is -2.51. The lowest BCUT2D eigenvalue weighted by molar-refractivity contribution is 0.102. The average Bonchev–Trinajstić information content (AvgIpc) is 3.04. The number of anilines is 1. The second kappa shape index (κ2) is 6.31. The number of benzene rings is 1. The molecule has 1 N–H and O–H groups in total. The normalized spacial score (nSPS) is 10.6. The zero-order valence-corrected chi connectivity index (χ0v) is 12.9. The Labute approximate surface area is 139 Å². The highest BCUT2D eigenvalue weighted by atomic mass is 35.5. The summed E-state index contributed by atoms with van der Waals surface area (Å²) >= 11 is 12.0. The molecule has 1 amide bonds. The van der Waals surface area contributed by atoms with Gasteiger partial charge in [0.15, 0.2) is 5.82 Å². The lowest BCUT2D eigenvalue weighted by Gasteiger charge is -2.08. The Morgan fingerprint density at radius 3 is 2.57 bits per heavy atom. The third-order valence-corrected chi connectivity index (χ3v) is 3.47. The van der Waals surface area contributed by atoms with Crippen LogP contribution in [0.3, 0.4) is 0 Å². The van der Waals surface area contributed by atoms with E-state index in [1.807, 2.05) is 0 Å². The number of rotatable bonds is 3. The molecule has 3 aromatic rings.